The highest BCUT2D eigenvalue weighted by Crippen LogP contribution is 2.31. The Labute approximate surface area is 79.4 Å². The summed E-state index contributed by atoms with van der Waals surface area (Å²) >= 11 is 0. The molecule has 0 atom stereocenters. The number of hydrogen-bond acceptors (Lipinski definition) is 4. The van der Waals surface area contributed by atoms with Gasteiger partial charge in [-0.05, 0) is 12.1 Å². The number of phenolic OH excluding ortho intramolecular Hbond substituents is 1. The average molecular weight is 192 g/mol. The fourth-order valence-corrected chi connectivity index (χ4v) is 1.34. The maximum Gasteiger partial charge on any atom is 0.196 e. The molecule has 0 spiro atoms. The minimum atomic E-state index is -0.237. The van der Waals surface area contributed by atoms with Crippen LogP contribution in [0.25, 0.3) is 11.0 Å². The van der Waals surface area contributed by atoms with Crippen LogP contribution in [0.3, 0.4) is 0 Å². The van der Waals surface area contributed by atoms with E-state index in [1.807, 2.05) is 0 Å². The lowest BCUT2D eigenvalue weighted by molar-refractivity contribution is 0.377. The van der Waals surface area contributed by atoms with Crippen molar-refractivity contribution in [1.29, 1.82) is 0 Å². The number of ether oxygens (including phenoxy) is 1. The molecule has 1 heterocycles. The molecule has 0 fully saturated rings. The number of rotatable bonds is 1. The van der Waals surface area contributed by atoms with Crippen LogP contribution in [0.1, 0.15) is 0 Å². The van der Waals surface area contributed by atoms with Gasteiger partial charge in [0.05, 0.1) is 13.4 Å². The van der Waals surface area contributed by atoms with E-state index in [0.717, 1.165) is 0 Å². The maximum atomic E-state index is 11.5. The van der Waals surface area contributed by atoms with Crippen molar-refractivity contribution in [2.75, 3.05) is 7.11 Å². The first-order chi connectivity index (χ1) is 6.74. The van der Waals surface area contributed by atoms with Crippen LogP contribution in [0.4, 0.5) is 0 Å². The van der Waals surface area contributed by atoms with Crippen LogP contribution in [-0.4, -0.2) is 12.2 Å². The van der Waals surface area contributed by atoms with Crippen molar-refractivity contribution < 1.29 is 14.3 Å². The molecular formula is C10H8O4. The molecule has 0 aliphatic carbocycles. The second-order valence-corrected chi connectivity index (χ2v) is 2.78. The number of methoxy groups -OCH3 is 1. The zero-order valence-electron chi connectivity index (χ0n) is 7.48. The largest absolute Gasteiger partial charge is 0.504 e. The van der Waals surface area contributed by atoms with Gasteiger partial charge in [0.1, 0.15) is 11.0 Å². The molecule has 0 bridgehead atoms. The molecule has 2 aromatic rings. The SMILES string of the molecule is COc1c(O)ccc2occc(=O)c12. The first-order valence-corrected chi connectivity index (χ1v) is 4.01. The lowest BCUT2D eigenvalue weighted by Gasteiger charge is -2.05. The van der Waals surface area contributed by atoms with Crippen LogP contribution in [0.15, 0.2) is 33.7 Å². The fraction of sp³-hybridized carbons (Fsp3) is 0.100. The van der Waals surface area contributed by atoms with Gasteiger partial charge in [-0.2, -0.15) is 0 Å². The standard InChI is InChI=1S/C10H8O4/c1-13-10-7(12)2-3-8-9(10)6(11)4-5-14-8/h2-5,12H,1H3. The van der Waals surface area contributed by atoms with Crippen molar-refractivity contribution in [3.8, 4) is 11.5 Å². The molecule has 4 nitrogen and oxygen atoms in total. The van der Waals surface area contributed by atoms with Crippen LogP contribution in [-0.2, 0) is 0 Å². The van der Waals surface area contributed by atoms with Crippen molar-refractivity contribution in [1.82, 2.24) is 0 Å². The topological polar surface area (TPSA) is 59.7 Å². The zero-order chi connectivity index (χ0) is 10.1. The molecule has 0 radical (unpaired) electrons. The van der Waals surface area contributed by atoms with E-state index in [1.165, 1.54) is 31.6 Å². The van der Waals surface area contributed by atoms with Crippen molar-refractivity contribution in [2.45, 2.75) is 0 Å². The van der Waals surface area contributed by atoms with Gasteiger partial charge in [0.2, 0.25) is 0 Å². The van der Waals surface area contributed by atoms with Gasteiger partial charge in [-0.1, -0.05) is 0 Å². The Kier molecular flexibility index (Phi) is 1.89. The summed E-state index contributed by atoms with van der Waals surface area (Å²) in [5, 5.41) is 9.69. The molecule has 0 unspecified atom stereocenters. The fourth-order valence-electron chi connectivity index (χ4n) is 1.34. The van der Waals surface area contributed by atoms with E-state index >= 15 is 0 Å². The van der Waals surface area contributed by atoms with Crippen molar-refractivity contribution >= 4 is 11.0 Å². The van der Waals surface area contributed by atoms with Gasteiger partial charge >= 0.3 is 0 Å². The van der Waals surface area contributed by atoms with E-state index in [-0.39, 0.29) is 22.3 Å². The predicted octanol–water partition coefficient (Wildman–Crippen LogP) is 1.51. The Morgan fingerprint density at radius 1 is 1.36 bits per heavy atom. The molecule has 72 valence electrons. The van der Waals surface area contributed by atoms with Gasteiger partial charge in [-0.25, -0.2) is 0 Å². The first kappa shape index (κ1) is 8.62. The van der Waals surface area contributed by atoms with Crippen molar-refractivity contribution in [3.05, 3.63) is 34.7 Å². The number of aromatic hydroxyl groups is 1. The third-order valence-electron chi connectivity index (χ3n) is 1.96. The van der Waals surface area contributed by atoms with Crippen LogP contribution in [0.2, 0.25) is 0 Å². The summed E-state index contributed by atoms with van der Waals surface area (Å²) in [6.07, 6.45) is 1.31. The predicted molar refractivity (Wildman–Crippen MR) is 50.7 cm³/mol. The second-order valence-electron chi connectivity index (χ2n) is 2.78. The molecule has 0 aliphatic rings. The van der Waals surface area contributed by atoms with E-state index in [4.69, 9.17) is 9.15 Å². The van der Waals surface area contributed by atoms with E-state index < -0.39 is 0 Å². The second kappa shape index (κ2) is 3.06. The smallest absolute Gasteiger partial charge is 0.196 e. The Morgan fingerprint density at radius 2 is 2.14 bits per heavy atom. The molecule has 1 N–H and O–H groups in total. The minimum Gasteiger partial charge on any atom is -0.504 e. The lowest BCUT2D eigenvalue weighted by atomic mass is 10.2. The molecule has 2 rings (SSSR count). The average Bonchev–Trinajstić information content (AvgIpc) is 2.19. The normalized spacial score (nSPS) is 10.4. The Hall–Kier alpha value is -1.97. The number of hydrogen-bond donors (Lipinski definition) is 1. The quantitative estimate of drug-likeness (QED) is 0.743. The number of benzene rings is 1. The van der Waals surface area contributed by atoms with Crippen LogP contribution in [0.5, 0.6) is 11.5 Å². The molecule has 1 aromatic heterocycles. The molecule has 1 aromatic carbocycles. The molecule has 0 saturated carbocycles. The molecule has 0 amide bonds. The van der Waals surface area contributed by atoms with E-state index in [9.17, 15) is 9.90 Å². The Bertz CT molecular complexity index is 527. The Morgan fingerprint density at radius 3 is 2.86 bits per heavy atom. The number of fused-ring (bicyclic) bond motifs is 1. The van der Waals surface area contributed by atoms with Crippen LogP contribution >= 0.6 is 0 Å². The third kappa shape index (κ3) is 1.12. The lowest BCUT2D eigenvalue weighted by Crippen LogP contribution is -2.00. The monoisotopic (exact) mass is 192 g/mol. The zero-order valence-corrected chi connectivity index (χ0v) is 7.48. The molecule has 4 heteroatoms. The molecule has 14 heavy (non-hydrogen) atoms. The first-order valence-electron chi connectivity index (χ1n) is 4.01. The van der Waals surface area contributed by atoms with Crippen LogP contribution < -0.4 is 10.2 Å². The highest BCUT2D eigenvalue weighted by atomic mass is 16.5. The third-order valence-corrected chi connectivity index (χ3v) is 1.96. The van der Waals surface area contributed by atoms with Gasteiger partial charge in [0, 0.05) is 6.07 Å². The molecule has 0 aliphatic heterocycles. The van der Waals surface area contributed by atoms with E-state index in [2.05, 4.69) is 0 Å². The van der Waals surface area contributed by atoms with Crippen molar-refractivity contribution in [3.63, 3.8) is 0 Å². The molecular weight excluding hydrogens is 184 g/mol. The summed E-state index contributed by atoms with van der Waals surface area (Å²) in [4.78, 5) is 11.5. The summed E-state index contributed by atoms with van der Waals surface area (Å²) in [7, 11) is 1.39. The van der Waals surface area contributed by atoms with Crippen LogP contribution in [0, 0.1) is 0 Å². The summed E-state index contributed by atoms with van der Waals surface area (Å²) in [5.41, 5.74) is 0.158. The van der Waals surface area contributed by atoms with Gasteiger partial charge in [-0.15, -0.1) is 0 Å². The number of phenols is 1. The van der Waals surface area contributed by atoms with Gasteiger partial charge in [0.25, 0.3) is 0 Å². The van der Waals surface area contributed by atoms with Gasteiger partial charge in [-0.3, -0.25) is 4.79 Å². The van der Waals surface area contributed by atoms with Gasteiger partial charge < -0.3 is 14.3 Å². The van der Waals surface area contributed by atoms with Gasteiger partial charge in [0.15, 0.2) is 16.9 Å². The maximum absolute atomic E-state index is 11.5. The summed E-state index contributed by atoms with van der Waals surface area (Å²) in [6.45, 7) is 0. The molecule has 0 saturated heterocycles. The minimum absolute atomic E-state index is 0.0708. The summed E-state index contributed by atoms with van der Waals surface area (Å²) < 4.78 is 10.0. The highest BCUT2D eigenvalue weighted by Gasteiger charge is 2.11. The van der Waals surface area contributed by atoms with Crippen molar-refractivity contribution in [2.24, 2.45) is 0 Å². The highest BCUT2D eigenvalue weighted by molar-refractivity contribution is 5.85. The summed E-state index contributed by atoms with van der Waals surface area (Å²) in [6, 6.07) is 4.23. The van der Waals surface area contributed by atoms with E-state index in [1.54, 1.807) is 0 Å². The Balaban J connectivity index is 2.99. The summed E-state index contributed by atoms with van der Waals surface area (Å²) in [5.74, 6) is 0.0790. The van der Waals surface area contributed by atoms with E-state index in [0.29, 0.717) is 5.58 Å².